The fourth-order valence-electron chi connectivity index (χ4n) is 2.72. The monoisotopic (exact) mass is 356 g/mol. The molecular formula is C17H28N2O4S. The number of nitrogens with zero attached hydrogens (tertiary/aromatic N) is 1. The molecule has 0 amide bonds. The number of sulfonamides is 1. The molecule has 0 aromatic heterocycles. The average Bonchev–Trinajstić information content (AvgIpc) is 2.56. The Morgan fingerprint density at radius 2 is 1.96 bits per heavy atom. The van der Waals surface area contributed by atoms with Crippen LogP contribution >= 0.6 is 0 Å². The Hall–Kier alpha value is -1.31. The molecule has 1 saturated heterocycles. The van der Waals surface area contributed by atoms with Gasteiger partial charge in [0.15, 0.2) is 0 Å². The highest BCUT2D eigenvalue weighted by Crippen LogP contribution is 2.30. The minimum atomic E-state index is -3.47. The van der Waals surface area contributed by atoms with Crippen molar-refractivity contribution in [3.05, 3.63) is 18.2 Å². The van der Waals surface area contributed by atoms with E-state index in [1.807, 2.05) is 13.8 Å². The van der Waals surface area contributed by atoms with E-state index in [1.165, 1.54) is 0 Å². The fourth-order valence-corrected chi connectivity index (χ4v) is 4.26. The summed E-state index contributed by atoms with van der Waals surface area (Å²) in [5.74, 6) is 0.625. The fraction of sp³-hybridized carbons (Fsp3) is 0.647. The molecule has 0 aliphatic carbocycles. The Labute approximate surface area is 144 Å². The third-order valence-corrected chi connectivity index (χ3v) is 5.81. The highest BCUT2D eigenvalue weighted by molar-refractivity contribution is 7.89. The van der Waals surface area contributed by atoms with Crippen LogP contribution in [0, 0.1) is 0 Å². The van der Waals surface area contributed by atoms with Crippen LogP contribution in [0.15, 0.2) is 23.1 Å². The zero-order valence-corrected chi connectivity index (χ0v) is 15.3. The molecule has 136 valence electrons. The lowest BCUT2D eigenvalue weighted by Gasteiger charge is -2.26. The summed E-state index contributed by atoms with van der Waals surface area (Å²) in [7, 11) is -3.47. The second kappa shape index (κ2) is 8.69. The van der Waals surface area contributed by atoms with Crippen LogP contribution in [-0.2, 0) is 10.0 Å². The van der Waals surface area contributed by atoms with Crippen molar-refractivity contribution in [2.24, 2.45) is 0 Å². The quantitative estimate of drug-likeness (QED) is 0.700. The summed E-state index contributed by atoms with van der Waals surface area (Å²) in [5.41, 5.74) is 0.648. The molecule has 1 aromatic carbocycles. The maximum absolute atomic E-state index is 12.8. The number of rotatable bonds is 8. The van der Waals surface area contributed by atoms with Crippen LogP contribution < -0.4 is 10.1 Å². The van der Waals surface area contributed by atoms with E-state index in [0.29, 0.717) is 37.5 Å². The lowest BCUT2D eigenvalue weighted by Crippen LogP contribution is -2.35. The van der Waals surface area contributed by atoms with Gasteiger partial charge in [-0.3, -0.25) is 0 Å². The molecule has 2 rings (SSSR count). The van der Waals surface area contributed by atoms with Crippen LogP contribution in [0.3, 0.4) is 0 Å². The molecule has 6 nitrogen and oxygen atoms in total. The number of ether oxygens (including phenoxy) is 1. The maximum Gasteiger partial charge on any atom is 0.243 e. The SMILES string of the molecule is CC(C)Oc1ccc(S(=O)(=O)N2CCCCC2)cc1NCCCO. The molecule has 1 fully saturated rings. The second-order valence-corrected chi connectivity index (χ2v) is 8.23. The minimum Gasteiger partial charge on any atom is -0.489 e. The standard InChI is InChI=1S/C17H28N2O4S/c1-14(2)23-17-8-7-15(13-16(17)18-9-6-12-20)24(21,22)19-10-4-3-5-11-19/h7-8,13-14,18,20H,3-6,9-12H2,1-2H3. The highest BCUT2D eigenvalue weighted by atomic mass is 32.2. The number of benzene rings is 1. The number of nitrogens with one attached hydrogen (secondary N) is 1. The normalized spacial score (nSPS) is 16.3. The van der Waals surface area contributed by atoms with E-state index in [2.05, 4.69) is 5.32 Å². The molecule has 1 heterocycles. The molecule has 1 aliphatic heterocycles. The first-order valence-corrected chi connectivity index (χ1v) is 10.0. The van der Waals surface area contributed by atoms with Crippen molar-refractivity contribution in [3.8, 4) is 5.75 Å². The Kier molecular flexibility index (Phi) is 6.89. The Morgan fingerprint density at radius 1 is 1.25 bits per heavy atom. The van der Waals surface area contributed by atoms with Crippen LogP contribution in [0.4, 0.5) is 5.69 Å². The van der Waals surface area contributed by atoms with Crippen LogP contribution in [0.5, 0.6) is 5.75 Å². The molecule has 1 aromatic rings. The van der Waals surface area contributed by atoms with Crippen molar-refractivity contribution in [1.82, 2.24) is 4.31 Å². The predicted octanol–water partition coefficient (Wildman–Crippen LogP) is 2.44. The molecule has 0 spiro atoms. The number of piperidine rings is 1. The van der Waals surface area contributed by atoms with Crippen molar-refractivity contribution in [2.45, 2.75) is 50.5 Å². The Morgan fingerprint density at radius 3 is 2.58 bits per heavy atom. The number of aliphatic hydroxyl groups excluding tert-OH is 1. The van der Waals surface area contributed by atoms with Gasteiger partial charge >= 0.3 is 0 Å². The third-order valence-electron chi connectivity index (χ3n) is 3.92. The van der Waals surface area contributed by atoms with E-state index in [1.54, 1.807) is 22.5 Å². The van der Waals surface area contributed by atoms with Crippen molar-refractivity contribution in [2.75, 3.05) is 31.6 Å². The first-order chi connectivity index (χ1) is 11.4. The summed E-state index contributed by atoms with van der Waals surface area (Å²) < 4.78 is 33.0. The lowest BCUT2D eigenvalue weighted by molar-refractivity contribution is 0.243. The molecule has 0 bridgehead atoms. The van der Waals surface area contributed by atoms with E-state index < -0.39 is 10.0 Å². The predicted molar refractivity (Wildman–Crippen MR) is 95.0 cm³/mol. The number of aliphatic hydroxyl groups is 1. The Bertz CT molecular complexity index is 625. The van der Waals surface area contributed by atoms with Crippen molar-refractivity contribution in [3.63, 3.8) is 0 Å². The molecule has 24 heavy (non-hydrogen) atoms. The van der Waals surface area contributed by atoms with E-state index in [-0.39, 0.29) is 17.6 Å². The first kappa shape index (κ1) is 19.0. The third kappa shape index (κ3) is 4.84. The van der Waals surface area contributed by atoms with Gasteiger partial charge < -0.3 is 15.2 Å². The number of hydrogen-bond donors (Lipinski definition) is 2. The zero-order valence-electron chi connectivity index (χ0n) is 14.5. The van der Waals surface area contributed by atoms with Crippen LogP contribution in [0.1, 0.15) is 39.5 Å². The van der Waals surface area contributed by atoms with Crippen molar-refractivity contribution < 1.29 is 18.3 Å². The molecular weight excluding hydrogens is 328 g/mol. The van der Waals surface area contributed by atoms with Crippen LogP contribution in [0.2, 0.25) is 0 Å². The summed E-state index contributed by atoms with van der Waals surface area (Å²) in [6.45, 7) is 5.66. The topological polar surface area (TPSA) is 78.9 Å². The molecule has 0 unspecified atom stereocenters. The van der Waals surface area contributed by atoms with Crippen LogP contribution in [0.25, 0.3) is 0 Å². The zero-order chi connectivity index (χ0) is 17.6. The molecule has 0 saturated carbocycles. The minimum absolute atomic E-state index is 0.00653. The van der Waals surface area contributed by atoms with Gasteiger partial charge in [0.25, 0.3) is 0 Å². The maximum atomic E-state index is 12.8. The number of anilines is 1. The van der Waals surface area contributed by atoms with Gasteiger partial charge in [-0.2, -0.15) is 4.31 Å². The van der Waals surface area contributed by atoms with E-state index >= 15 is 0 Å². The van der Waals surface area contributed by atoms with Gasteiger partial charge in [-0.05, 0) is 51.3 Å². The van der Waals surface area contributed by atoms with Gasteiger partial charge in [-0.25, -0.2) is 8.42 Å². The van der Waals surface area contributed by atoms with Crippen molar-refractivity contribution in [1.29, 1.82) is 0 Å². The van der Waals surface area contributed by atoms with E-state index in [0.717, 1.165) is 19.3 Å². The van der Waals surface area contributed by atoms with Gasteiger partial charge in [0, 0.05) is 26.2 Å². The molecule has 2 N–H and O–H groups in total. The van der Waals surface area contributed by atoms with E-state index in [9.17, 15) is 8.42 Å². The number of hydrogen-bond acceptors (Lipinski definition) is 5. The largest absolute Gasteiger partial charge is 0.489 e. The van der Waals surface area contributed by atoms with E-state index in [4.69, 9.17) is 9.84 Å². The van der Waals surface area contributed by atoms with Gasteiger partial charge in [0.1, 0.15) is 5.75 Å². The Balaban J connectivity index is 2.27. The summed E-state index contributed by atoms with van der Waals surface area (Å²) in [5, 5.41) is 12.1. The average molecular weight is 356 g/mol. The molecule has 1 aliphatic rings. The highest BCUT2D eigenvalue weighted by Gasteiger charge is 2.26. The summed E-state index contributed by atoms with van der Waals surface area (Å²) in [6, 6.07) is 4.95. The molecule has 0 atom stereocenters. The van der Waals surface area contributed by atoms with Gasteiger partial charge in [-0.1, -0.05) is 6.42 Å². The second-order valence-electron chi connectivity index (χ2n) is 6.29. The summed E-state index contributed by atoms with van der Waals surface area (Å²) in [4.78, 5) is 0.284. The van der Waals surface area contributed by atoms with Gasteiger partial charge in [0.05, 0.1) is 16.7 Å². The summed E-state index contributed by atoms with van der Waals surface area (Å²) >= 11 is 0. The first-order valence-electron chi connectivity index (χ1n) is 8.60. The smallest absolute Gasteiger partial charge is 0.243 e. The molecule has 7 heteroatoms. The van der Waals surface area contributed by atoms with Gasteiger partial charge in [0.2, 0.25) is 10.0 Å². The van der Waals surface area contributed by atoms with Gasteiger partial charge in [-0.15, -0.1) is 0 Å². The lowest BCUT2D eigenvalue weighted by atomic mass is 10.2. The van der Waals surface area contributed by atoms with Crippen molar-refractivity contribution >= 4 is 15.7 Å². The van der Waals surface area contributed by atoms with Crippen LogP contribution in [-0.4, -0.2) is 50.2 Å². The summed E-state index contributed by atoms with van der Waals surface area (Å²) in [6.07, 6.45) is 3.49. The molecule has 0 radical (unpaired) electrons.